The van der Waals surface area contributed by atoms with E-state index in [0.717, 1.165) is 31.6 Å². The number of hydrogen-bond donors (Lipinski definition) is 0. The average molecular weight is 277 g/mol. The van der Waals surface area contributed by atoms with Crippen molar-refractivity contribution < 1.29 is 14.3 Å². The lowest BCUT2D eigenvalue weighted by atomic mass is 10.1. The maximum Gasteiger partial charge on any atom is 0.180 e. The van der Waals surface area contributed by atoms with Crippen molar-refractivity contribution in [3.8, 4) is 5.75 Å². The van der Waals surface area contributed by atoms with E-state index in [1.807, 2.05) is 37.1 Å². The van der Waals surface area contributed by atoms with Gasteiger partial charge < -0.3 is 9.47 Å². The summed E-state index contributed by atoms with van der Waals surface area (Å²) in [6.07, 6.45) is 2.48. The van der Waals surface area contributed by atoms with Crippen LogP contribution in [0.25, 0.3) is 0 Å². The minimum absolute atomic E-state index is 0.0855. The highest BCUT2D eigenvalue weighted by molar-refractivity contribution is 6.00. The first-order valence-electron chi connectivity index (χ1n) is 7.08. The van der Waals surface area contributed by atoms with Gasteiger partial charge >= 0.3 is 0 Å². The highest BCUT2D eigenvalue weighted by atomic mass is 16.5. The van der Waals surface area contributed by atoms with Gasteiger partial charge in [0.1, 0.15) is 5.75 Å². The van der Waals surface area contributed by atoms with Crippen molar-refractivity contribution in [3.63, 3.8) is 0 Å². The summed E-state index contributed by atoms with van der Waals surface area (Å²) in [6.45, 7) is 4.03. The van der Waals surface area contributed by atoms with Gasteiger partial charge in [0.25, 0.3) is 0 Å². The Morgan fingerprint density at radius 3 is 2.95 bits per heavy atom. The number of benzene rings is 1. The molecule has 1 fully saturated rings. The van der Waals surface area contributed by atoms with Crippen LogP contribution >= 0.6 is 0 Å². The molecule has 0 aliphatic carbocycles. The normalized spacial score (nSPS) is 18.5. The van der Waals surface area contributed by atoms with Crippen LogP contribution in [0.15, 0.2) is 18.2 Å². The Morgan fingerprint density at radius 1 is 1.50 bits per heavy atom. The molecule has 0 aromatic heterocycles. The van der Waals surface area contributed by atoms with Gasteiger partial charge in [-0.15, -0.1) is 0 Å². The van der Waals surface area contributed by atoms with Crippen LogP contribution in [0.3, 0.4) is 0 Å². The third-order valence-electron chi connectivity index (χ3n) is 3.61. The fraction of sp³-hybridized carbons (Fsp3) is 0.562. The number of nitrogens with zero attached hydrogens (tertiary/aromatic N) is 1. The van der Waals surface area contributed by atoms with Gasteiger partial charge in [0, 0.05) is 13.2 Å². The molecule has 1 saturated heterocycles. The molecular weight excluding hydrogens is 254 g/mol. The highest BCUT2D eigenvalue weighted by Crippen LogP contribution is 2.21. The topological polar surface area (TPSA) is 38.8 Å². The third kappa shape index (κ3) is 3.81. The largest absolute Gasteiger partial charge is 0.496 e. The molecular formula is C16H23NO3. The molecule has 1 aromatic rings. The standard InChI is InChI=1S/C16H23NO3/c1-12-6-7-14(16(9-12)19-3)15(18)11-17(2)10-13-5-4-8-20-13/h6-7,9,13H,4-5,8,10-11H2,1-3H3. The maximum absolute atomic E-state index is 12.4. The Bertz CT molecular complexity index is 467. The van der Waals surface area contributed by atoms with Crippen LogP contribution in [0.4, 0.5) is 0 Å². The smallest absolute Gasteiger partial charge is 0.180 e. The van der Waals surface area contributed by atoms with Crippen LogP contribution in [0, 0.1) is 6.92 Å². The van der Waals surface area contributed by atoms with Crippen LogP contribution in [0.5, 0.6) is 5.75 Å². The van der Waals surface area contributed by atoms with Crippen molar-refractivity contribution in [2.75, 3.05) is 33.9 Å². The fourth-order valence-corrected chi connectivity index (χ4v) is 2.56. The summed E-state index contributed by atoms with van der Waals surface area (Å²) >= 11 is 0. The lowest BCUT2D eigenvalue weighted by Crippen LogP contribution is -2.33. The first-order chi connectivity index (χ1) is 9.60. The van der Waals surface area contributed by atoms with Gasteiger partial charge in [-0.3, -0.25) is 9.69 Å². The predicted octanol–water partition coefficient (Wildman–Crippen LogP) is 2.30. The van der Waals surface area contributed by atoms with E-state index in [1.54, 1.807) is 7.11 Å². The van der Waals surface area contributed by atoms with Crippen molar-refractivity contribution >= 4 is 5.78 Å². The second-order valence-corrected chi connectivity index (χ2v) is 5.46. The summed E-state index contributed by atoms with van der Waals surface area (Å²) in [7, 11) is 3.56. The molecule has 0 amide bonds. The first kappa shape index (κ1) is 15.0. The van der Waals surface area contributed by atoms with Crippen molar-refractivity contribution in [3.05, 3.63) is 29.3 Å². The Morgan fingerprint density at radius 2 is 2.30 bits per heavy atom. The number of ether oxygens (including phenoxy) is 2. The molecule has 1 aromatic carbocycles. The number of hydrogen-bond acceptors (Lipinski definition) is 4. The number of aryl methyl sites for hydroxylation is 1. The lowest BCUT2D eigenvalue weighted by Gasteiger charge is -2.20. The quantitative estimate of drug-likeness (QED) is 0.748. The molecule has 0 N–H and O–H groups in total. The van der Waals surface area contributed by atoms with Gasteiger partial charge in [-0.1, -0.05) is 6.07 Å². The number of methoxy groups -OCH3 is 1. The van der Waals surface area contributed by atoms with Crippen LogP contribution in [0.1, 0.15) is 28.8 Å². The van der Waals surface area contributed by atoms with Crippen LogP contribution in [-0.4, -0.2) is 50.6 Å². The van der Waals surface area contributed by atoms with Gasteiger partial charge in [-0.05, 0) is 44.5 Å². The van der Waals surface area contributed by atoms with Crippen LogP contribution in [-0.2, 0) is 4.74 Å². The Balaban J connectivity index is 1.96. The lowest BCUT2D eigenvalue weighted by molar-refractivity contribution is 0.0739. The Hall–Kier alpha value is -1.39. The summed E-state index contributed by atoms with van der Waals surface area (Å²) in [6, 6.07) is 5.68. The molecule has 0 radical (unpaired) electrons. The minimum Gasteiger partial charge on any atom is -0.496 e. The summed E-state index contributed by atoms with van der Waals surface area (Å²) < 4.78 is 10.9. The van der Waals surface area contributed by atoms with Crippen molar-refractivity contribution in [2.24, 2.45) is 0 Å². The van der Waals surface area contributed by atoms with Crippen molar-refractivity contribution in [2.45, 2.75) is 25.9 Å². The minimum atomic E-state index is 0.0855. The zero-order valence-corrected chi connectivity index (χ0v) is 12.5. The zero-order chi connectivity index (χ0) is 14.5. The number of carbonyl (C=O) groups is 1. The van der Waals surface area contributed by atoms with Crippen molar-refractivity contribution in [1.29, 1.82) is 0 Å². The molecule has 1 heterocycles. The number of ketones is 1. The van der Waals surface area contributed by atoms with Gasteiger partial charge in [0.15, 0.2) is 5.78 Å². The predicted molar refractivity (Wildman–Crippen MR) is 78.5 cm³/mol. The molecule has 0 spiro atoms. The zero-order valence-electron chi connectivity index (χ0n) is 12.5. The van der Waals surface area contributed by atoms with E-state index in [4.69, 9.17) is 9.47 Å². The van der Waals surface area contributed by atoms with E-state index in [2.05, 4.69) is 0 Å². The first-order valence-corrected chi connectivity index (χ1v) is 7.08. The summed E-state index contributed by atoms with van der Waals surface area (Å²) in [5.74, 6) is 0.739. The molecule has 20 heavy (non-hydrogen) atoms. The molecule has 2 rings (SSSR count). The maximum atomic E-state index is 12.4. The second kappa shape index (κ2) is 6.86. The van der Waals surface area contributed by atoms with E-state index in [9.17, 15) is 4.79 Å². The molecule has 0 bridgehead atoms. The SMILES string of the molecule is COc1cc(C)ccc1C(=O)CN(C)CC1CCCO1. The summed E-state index contributed by atoms with van der Waals surface area (Å²) in [5, 5.41) is 0. The average Bonchev–Trinajstić information content (AvgIpc) is 2.90. The van der Waals surface area contributed by atoms with E-state index >= 15 is 0 Å². The van der Waals surface area contributed by atoms with Crippen LogP contribution in [0.2, 0.25) is 0 Å². The number of likely N-dealkylation sites (N-methyl/N-ethyl adjacent to an activating group) is 1. The van der Waals surface area contributed by atoms with E-state index in [-0.39, 0.29) is 11.9 Å². The monoisotopic (exact) mass is 277 g/mol. The molecule has 1 aliphatic rings. The van der Waals surface area contributed by atoms with E-state index in [1.165, 1.54) is 0 Å². The van der Waals surface area contributed by atoms with Crippen LogP contribution < -0.4 is 4.74 Å². The number of carbonyl (C=O) groups excluding carboxylic acids is 1. The fourth-order valence-electron chi connectivity index (χ4n) is 2.56. The summed E-state index contributed by atoms with van der Waals surface area (Å²) in [4.78, 5) is 14.4. The number of Topliss-reactive ketones (excluding diaryl/α,β-unsaturated/α-hetero) is 1. The third-order valence-corrected chi connectivity index (χ3v) is 3.61. The summed E-state index contributed by atoms with van der Waals surface area (Å²) in [5.41, 5.74) is 1.74. The van der Waals surface area contributed by atoms with Gasteiger partial charge in [-0.2, -0.15) is 0 Å². The number of rotatable bonds is 6. The molecule has 4 heteroatoms. The van der Waals surface area contributed by atoms with E-state index < -0.39 is 0 Å². The van der Waals surface area contributed by atoms with Gasteiger partial charge in [0.05, 0.1) is 25.3 Å². The molecule has 1 atom stereocenters. The molecule has 1 aliphatic heterocycles. The van der Waals surface area contributed by atoms with Gasteiger partial charge in [-0.25, -0.2) is 0 Å². The second-order valence-electron chi connectivity index (χ2n) is 5.46. The molecule has 1 unspecified atom stereocenters. The molecule has 0 saturated carbocycles. The van der Waals surface area contributed by atoms with Crippen molar-refractivity contribution in [1.82, 2.24) is 4.90 Å². The van der Waals surface area contributed by atoms with E-state index in [0.29, 0.717) is 17.9 Å². The highest BCUT2D eigenvalue weighted by Gasteiger charge is 2.20. The Labute approximate surface area is 120 Å². The molecule has 4 nitrogen and oxygen atoms in total. The molecule has 110 valence electrons. The Kier molecular flexibility index (Phi) is 5.15. The van der Waals surface area contributed by atoms with Gasteiger partial charge in [0.2, 0.25) is 0 Å².